The normalized spacial score (nSPS) is 11.6. The van der Waals surface area contributed by atoms with Gasteiger partial charge in [-0.2, -0.15) is 13.2 Å². The van der Waals surface area contributed by atoms with Crippen molar-refractivity contribution >= 4 is 11.7 Å². The zero-order chi connectivity index (χ0) is 32.7. The maximum absolute atomic E-state index is 13.7. The van der Waals surface area contributed by atoms with Gasteiger partial charge in [-0.15, -0.1) is 0 Å². The fraction of sp³-hybridized carbons (Fsp3) is 0.361. The maximum Gasteiger partial charge on any atom is 0.416 e. The Morgan fingerprint density at radius 3 is 2.29 bits per heavy atom. The van der Waals surface area contributed by atoms with Crippen LogP contribution in [0, 0.1) is 20.8 Å². The molecule has 0 aliphatic carbocycles. The second-order valence-corrected chi connectivity index (χ2v) is 11.8. The number of hydrogen-bond acceptors (Lipinski definition) is 6. The van der Waals surface area contributed by atoms with E-state index in [1.807, 2.05) is 11.8 Å². The first-order valence-electron chi connectivity index (χ1n) is 15.0. The lowest BCUT2D eigenvalue weighted by molar-refractivity contribution is -0.137. The molecule has 9 heteroatoms. The fourth-order valence-electron chi connectivity index (χ4n) is 5.23. The molecule has 4 aromatic rings. The number of aryl methyl sites for hydroxylation is 3. The molecule has 0 amide bonds. The van der Waals surface area contributed by atoms with E-state index >= 15 is 0 Å². The number of ketones is 1. The first-order chi connectivity index (χ1) is 21.3. The van der Waals surface area contributed by atoms with E-state index in [-0.39, 0.29) is 38.4 Å². The van der Waals surface area contributed by atoms with Gasteiger partial charge in [0, 0.05) is 32.5 Å². The zero-order valence-corrected chi connectivity index (χ0v) is 26.4. The van der Waals surface area contributed by atoms with Crippen LogP contribution in [0.25, 0.3) is 11.1 Å². The van der Waals surface area contributed by atoms with Gasteiger partial charge in [-0.25, -0.2) is 9.97 Å². The molecular weight excluding hydrogens is 579 g/mol. The van der Waals surface area contributed by atoms with Crippen LogP contribution in [-0.4, -0.2) is 34.1 Å². The number of anilines is 1. The largest absolute Gasteiger partial charge is 0.490 e. The van der Waals surface area contributed by atoms with E-state index in [0.29, 0.717) is 35.3 Å². The van der Waals surface area contributed by atoms with E-state index < -0.39 is 11.7 Å². The third-order valence-electron chi connectivity index (χ3n) is 7.62. The van der Waals surface area contributed by atoms with E-state index in [1.54, 1.807) is 13.0 Å². The van der Waals surface area contributed by atoms with Gasteiger partial charge in [0.25, 0.3) is 0 Å². The smallest absolute Gasteiger partial charge is 0.416 e. The van der Waals surface area contributed by atoms with E-state index in [2.05, 4.69) is 67.1 Å². The number of alkyl halides is 3. The number of rotatable bonds is 13. The summed E-state index contributed by atoms with van der Waals surface area (Å²) < 4.78 is 46.8. The molecule has 0 radical (unpaired) electrons. The Morgan fingerprint density at radius 1 is 0.889 bits per heavy atom. The predicted octanol–water partition coefficient (Wildman–Crippen LogP) is 8.14. The number of ether oxygens (including phenoxy) is 1. The van der Waals surface area contributed by atoms with Crippen molar-refractivity contribution in [3.63, 3.8) is 0 Å². The standard InChI is InChI=1S/C36H40F3N3O3/c1-23(2)28-8-7-26(5)34(18-28)33-9-6-24(3)15-29(33)22-42(21-27-14-25(4)16-30(17-27)36(37,38)39)35-40-19-32(20-41-35)45-13-11-31(44)10-12-43/h6-9,14-20,23,43H,10-13,21-22H2,1-5H3. The number of aliphatic hydroxyl groups is 1. The lowest BCUT2D eigenvalue weighted by atomic mass is 9.90. The van der Waals surface area contributed by atoms with Crippen molar-refractivity contribution < 1.29 is 27.8 Å². The predicted molar refractivity (Wildman–Crippen MR) is 170 cm³/mol. The second-order valence-electron chi connectivity index (χ2n) is 11.8. The summed E-state index contributed by atoms with van der Waals surface area (Å²) in [5.74, 6) is 0.929. The van der Waals surface area contributed by atoms with Crippen LogP contribution in [0.5, 0.6) is 5.75 Å². The Hall–Kier alpha value is -4.24. The number of halogens is 3. The van der Waals surface area contributed by atoms with Crippen LogP contribution in [0.4, 0.5) is 19.1 Å². The number of Topliss-reactive ketones (excluding diaryl/α,β-unsaturated/α-hetero) is 1. The fourth-order valence-corrected chi connectivity index (χ4v) is 5.23. The van der Waals surface area contributed by atoms with E-state index in [1.165, 1.54) is 24.0 Å². The third kappa shape index (κ3) is 9.14. The molecule has 0 spiro atoms. The van der Waals surface area contributed by atoms with Gasteiger partial charge in [0.15, 0.2) is 5.75 Å². The lowest BCUT2D eigenvalue weighted by Crippen LogP contribution is -2.25. The summed E-state index contributed by atoms with van der Waals surface area (Å²) >= 11 is 0. The lowest BCUT2D eigenvalue weighted by Gasteiger charge is -2.26. The molecule has 4 rings (SSSR count). The highest BCUT2D eigenvalue weighted by molar-refractivity contribution is 5.78. The molecule has 0 fully saturated rings. The summed E-state index contributed by atoms with van der Waals surface area (Å²) in [5, 5.41) is 8.92. The van der Waals surface area contributed by atoms with Gasteiger partial charge in [-0.3, -0.25) is 4.79 Å². The minimum atomic E-state index is -4.47. The molecular formula is C36H40F3N3O3. The van der Waals surface area contributed by atoms with Gasteiger partial charge in [0.2, 0.25) is 5.95 Å². The Balaban J connectivity index is 1.72. The molecule has 3 aromatic carbocycles. The number of carbonyl (C=O) groups excluding carboxylic acids is 1. The second kappa shape index (κ2) is 14.7. The molecule has 0 aliphatic heterocycles. The molecule has 0 atom stereocenters. The Labute approximate surface area is 262 Å². The minimum Gasteiger partial charge on any atom is -0.490 e. The van der Waals surface area contributed by atoms with Crippen molar-refractivity contribution in [3.05, 3.63) is 106 Å². The number of nitrogens with zero attached hydrogens (tertiary/aromatic N) is 3. The van der Waals surface area contributed by atoms with Crippen LogP contribution < -0.4 is 9.64 Å². The van der Waals surface area contributed by atoms with Crippen LogP contribution in [0.15, 0.2) is 67.0 Å². The highest BCUT2D eigenvalue weighted by Gasteiger charge is 2.31. The Kier molecular flexibility index (Phi) is 11.0. The molecule has 0 unspecified atom stereocenters. The summed E-state index contributed by atoms with van der Waals surface area (Å²) in [5.41, 5.74) is 6.84. The van der Waals surface area contributed by atoms with Crippen molar-refractivity contribution in [2.75, 3.05) is 18.1 Å². The quantitative estimate of drug-likeness (QED) is 0.163. The molecule has 0 saturated heterocycles. The number of carbonyl (C=O) groups is 1. The average molecular weight is 620 g/mol. The summed E-state index contributed by atoms with van der Waals surface area (Å²) in [7, 11) is 0. The average Bonchev–Trinajstić information content (AvgIpc) is 2.97. The van der Waals surface area contributed by atoms with Crippen LogP contribution in [0.2, 0.25) is 0 Å². The van der Waals surface area contributed by atoms with Crippen molar-refractivity contribution in [2.24, 2.45) is 0 Å². The monoisotopic (exact) mass is 619 g/mol. The first-order valence-corrected chi connectivity index (χ1v) is 15.0. The van der Waals surface area contributed by atoms with Crippen molar-refractivity contribution in [2.45, 2.75) is 72.6 Å². The number of aliphatic hydroxyl groups excluding tert-OH is 1. The summed E-state index contributed by atoms with van der Waals surface area (Å²) in [6, 6.07) is 16.8. The highest BCUT2D eigenvalue weighted by Crippen LogP contribution is 2.34. The topological polar surface area (TPSA) is 75.6 Å². The van der Waals surface area contributed by atoms with Crippen LogP contribution in [-0.2, 0) is 24.1 Å². The van der Waals surface area contributed by atoms with Crippen LogP contribution >= 0.6 is 0 Å². The molecule has 6 nitrogen and oxygen atoms in total. The summed E-state index contributed by atoms with van der Waals surface area (Å²) in [4.78, 5) is 22.6. The van der Waals surface area contributed by atoms with Crippen molar-refractivity contribution in [3.8, 4) is 16.9 Å². The number of aromatic nitrogens is 2. The van der Waals surface area contributed by atoms with Crippen LogP contribution in [0.3, 0.4) is 0 Å². The summed E-state index contributed by atoms with van der Waals surface area (Å²) in [6.45, 7) is 10.4. The Morgan fingerprint density at radius 2 is 1.62 bits per heavy atom. The molecule has 1 heterocycles. The van der Waals surface area contributed by atoms with Gasteiger partial charge in [-0.05, 0) is 72.2 Å². The van der Waals surface area contributed by atoms with Crippen molar-refractivity contribution in [1.82, 2.24) is 9.97 Å². The molecule has 0 aliphatic rings. The van der Waals surface area contributed by atoms with E-state index in [4.69, 9.17) is 9.84 Å². The first kappa shape index (κ1) is 33.6. The van der Waals surface area contributed by atoms with Crippen LogP contribution in [0.1, 0.15) is 71.6 Å². The molecule has 1 aromatic heterocycles. The van der Waals surface area contributed by atoms with Gasteiger partial charge >= 0.3 is 6.18 Å². The molecule has 0 bridgehead atoms. The van der Waals surface area contributed by atoms with Gasteiger partial charge in [0.05, 0.1) is 24.6 Å². The number of benzene rings is 3. The highest BCUT2D eigenvalue weighted by atomic mass is 19.4. The van der Waals surface area contributed by atoms with Gasteiger partial charge in [0.1, 0.15) is 5.78 Å². The molecule has 238 valence electrons. The van der Waals surface area contributed by atoms with E-state index in [0.717, 1.165) is 33.9 Å². The van der Waals surface area contributed by atoms with Gasteiger partial charge in [-0.1, -0.05) is 67.4 Å². The molecule has 45 heavy (non-hydrogen) atoms. The number of hydrogen-bond donors (Lipinski definition) is 1. The minimum absolute atomic E-state index is 0.0744. The summed E-state index contributed by atoms with van der Waals surface area (Å²) in [6.07, 6.45) is -1.25. The Bertz CT molecular complexity index is 1620. The molecule has 0 saturated carbocycles. The maximum atomic E-state index is 13.7. The van der Waals surface area contributed by atoms with Gasteiger partial charge < -0.3 is 14.7 Å². The third-order valence-corrected chi connectivity index (χ3v) is 7.62. The SMILES string of the molecule is Cc1cc(CN(Cc2cc(C)ccc2-c2cc(C(C)C)ccc2C)c2ncc(OCCC(=O)CCO)cn2)cc(C(F)(F)F)c1. The zero-order valence-electron chi connectivity index (χ0n) is 26.4. The van der Waals surface area contributed by atoms with Crippen molar-refractivity contribution in [1.29, 1.82) is 0 Å². The molecule has 1 N–H and O–H groups in total. The van der Waals surface area contributed by atoms with E-state index in [9.17, 15) is 18.0 Å².